The lowest BCUT2D eigenvalue weighted by atomic mass is 9.86. The Morgan fingerprint density at radius 2 is 2.12 bits per heavy atom. The minimum atomic E-state index is 0.895. The van der Waals surface area contributed by atoms with Crippen molar-refractivity contribution in [2.24, 2.45) is 17.8 Å². The van der Waals surface area contributed by atoms with Gasteiger partial charge in [0.2, 0.25) is 0 Å². The van der Waals surface area contributed by atoms with Crippen LogP contribution in [0.3, 0.4) is 0 Å². The SMILES string of the molecule is CC=C(CC=C(C)CC)CC1CC2C=CC1C2. The molecule has 0 amide bonds. The highest BCUT2D eigenvalue weighted by molar-refractivity contribution is 5.16. The van der Waals surface area contributed by atoms with Gasteiger partial charge in [-0.25, -0.2) is 0 Å². The van der Waals surface area contributed by atoms with E-state index in [2.05, 4.69) is 45.1 Å². The van der Waals surface area contributed by atoms with Crippen molar-refractivity contribution >= 4 is 0 Å². The average molecular weight is 230 g/mol. The first-order chi connectivity index (χ1) is 8.22. The molecule has 1 saturated carbocycles. The van der Waals surface area contributed by atoms with Gasteiger partial charge in [0.05, 0.1) is 0 Å². The first-order valence-electron chi connectivity index (χ1n) is 7.21. The summed E-state index contributed by atoms with van der Waals surface area (Å²) in [7, 11) is 0. The van der Waals surface area contributed by atoms with Gasteiger partial charge in [-0.05, 0) is 63.7 Å². The third-order valence-corrected chi connectivity index (χ3v) is 4.62. The predicted molar refractivity (Wildman–Crippen MR) is 75.9 cm³/mol. The van der Waals surface area contributed by atoms with E-state index < -0.39 is 0 Å². The Hall–Kier alpha value is -0.780. The molecule has 0 saturated heterocycles. The highest BCUT2D eigenvalue weighted by atomic mass is 14.4. The zero-order valence-electron chi connectivity index (χ0n) is 11.6. The summed E-state index contributed by atoms with van der Waals surface area (Å²) in [6.07, 6.45) is 16.2. The average Bonchev–Trinajstić information content (AvgIpc) is 2.95. The standard InChI is InChI=1S/C17H26/c1-4-13(3)6-7-14(5-2)10-17-12-15-8-9-16(17)11-15/h5-6,8-9,15-17H,4,7,10-12H2,1-3H3. The van der Waals surface area contributed by atoms with Gasteiger partial charge in [-0.1, -0.05) is 42.4 Å². The van der Waals surface area contributed by atoms with Crippen LogP contribution in [0.15, 0.2) is 35.5 Å². The van der Waals surface area contributed by atoms with Gasteiger partial charge in [0.25, 0.3) is 0 Å². The second-order valence-electron chi connectivity index (χ2n) is 5.80. The third kappa shape index (κ3) is 3.12. The quantitative estimate of drug-likeness (QED) is 0.564. The fraction of sp³-hybridized carbons (Fsp3) is 0.647. The lowest BCUT2D eigenvalue weighted by molar-refractivity contribution is 0.441. The van der Waals surface area contributed by atoms with Crippen molar-refractivity contribution in [3.8, 4) is 0 Å². The van der Waals surface area contributed by atoms with Crippen LogP contribution in [0.1, 0.15) is 52.9 Å². The molecule has 94 valence electrons. The predicted octanol–water partition coefficient (Wildman–Crippen LogP) is 5.28. The van der Waals surface area contributed by atoms with Crippen molar-refractivity contribution in [1.82, 2.24) is 0 Å². The summed E-state index contributed by atoms with van der Waals surface area (Å²) in [5, 5.41) is 0. The van der Waals surface area contributed by atoms with Crippen molar-refractivity contribution in [2.45, 2.75) is 52.9 Å². The lowest BCUT2D eigenvalue weighted by Crippen LogP contribution is -2.07. The molecule has 17 heavy (non-hydrogen) atoms. The smallest absolute Gasteiger partial charge is 0.0136 e. The summed E-state index contributed by atoms with van der Waals surface area (Å²) in [5.41, 5.74) is 3.17. The summed E-state index contributed by atoms with van der Waals surface area (Å²) in [6.45, 7) is 6.68. The van der Waals surface area contributed by atoms with E-state index in [-0.39, 0.29) is 0 Å². The van der Waals surface area contributed by atoms with E-state index in [4.69, 9.17) is 0 Å². The number of hydrogen-bond donors (Lipinski definition) is 0. The van der Waals surface area contributed by atoms with E-state index in [0.717, 1.165) is 17.8 Å². The highest BCUT2D eigenvalue weighted by Gasteiger charge is 2.35. The second kappa shape index (κ2) is 5.71. The summed E-state index contributed by atoms with van der Waals surface area (Å²) in [6, 6.07) is 0. The van der Waals surface area contributed by atoms with Gasteiger partial charge in [-0.3, -0.25) is 0 Å². The topological polar surface area (TPSA) is 0 Å². The van der Waals surface area contributed by atoms with E-state index in [1.54, 1.807) is 5.57 Å². The number of rotatable bonds is 5. The van der Waals surface area contributed by atoms with Gasteiger partial charge in [-0.15, -0.1) is 0 Å². The molecule has 0 aromatic rings. The maximum atomic E-state index is 2.47. The Morgan fingerprint density at radius 1 is 1.29 bits per heavy atom. The van der Waals surface area contributed by atoms with E-state index in [9.17, 15) is 0 Å². The van der Waals surface area contributed by atoms with Crippen LogP contribution in [-0.2, 0) is 0 Å². The number of fused-ring (bicyclic) bond motifs is 2. The monoisotopic (exact) mass is 230 g/mol. The molecule has 0 radical (unpaired) electrons. The first-order valence-corrected chi connectivity index (χ1v) is 7.21. The van der Waals surface area contributed by atoms with Crippen molar-refractivity contribution in [1.29, 1.82) is 0 Å². The Morgan fingerprint density at radius 3 is 2.65 bits per heavy atom. The highest BCUT2D eigenvalue weighted by Crippen LogP contribution is 2.46. The molecule has 2 aliphatic carbocycles. The molecule has 0 heterocycles. The van der Waals surface area contributed by atoms with Crippen molar-refractivity contribution < 1.29 is 0 Å². The summed E-state index contributed by atoms with van der Waals surface area (Å²) in [4.78, 5) is 0. The molecule has 2 aliphatic rings. The minimum Gasteiger partial charge on any atom is -0.0881 e. The zero-order chi connectivity index (χ0) is 12.3. The maximum Gasteiger partial charge on any atom is -0.0136 e. The Balaban J connectivity index is 1.86. The number of hydrogen-bond acceptors (Lipinski definition) is 0. The summed E-state index contributed by atoms with van der Waals surface area (Å²) < 4.78 is 0. The van der Waals surface area contributed by atoms with Crippen molar-refractivity contribution in [2.75, 3.05) is 0 Å². The van der Waals surface area contributed by atoms with Gasteiger partial charge in [-0.2, -0.15) is 0 Å². The van der Waals surface area contributed by atoms with Gasteiger partial charge in [0.1, 0.15) is 0 Å². The van der Waals surface area contributed by atoms with Crippen LogP contribution in [0.5, 0.6) is 0 Å². The van der Waals surface area contributed by atoms with Crippen LogP contribution in [0, 0.1) is 17.8 Å². The lowest BCUT2D eigenvalue weighted by Gasteiger charge is -2.19. The summed E-state index contributed by atoms with van der Waals surface area (Å²) in [5.74, 6) is 2.74. The molecular formula is C17H26. The Bertz CT molecular complexity index is 343. The molecule has 2 rings (SSSR count). The molecule has 0 N–H and O–H groups in total. The van der Waals surface area contributed by atoms with Gasteiger partial charge >= 0.3 is 0 Å². The van der Waals surface area contributed by atoms with Crippen molar-refractivity contribution in [3.05, 3.63) is 35.5 Å². The summed E-state index contributed by atoms with van der Waals surface area (Å²) >= 11 is 0. The molecule has 0 heteroatoms. The molecule has 0 aromatic carbocycles. The molecule has 3 unspecified atom stereocenters. The Kier molecular flexibility index (Phi) is 4.25. The zero-order valence-corrected chi connectivity index (χ0v) is 11.6. The molecular weight excluding hydrogens is 204 g/mol. The largest absolute Gasteiger partial charge is 0.0881 e. The molecule has 0 aromatic heterocycles. The third-order valence-electron chi connectivity index (χ3n) is 4.62. The van der Waals surface area contributed by atoms with Crippen LogP contribution in [0.2, 0.25) is 0 Å². The second-order valence-corrected chi connectivity index (χ2v) is 5.80. The first kappa shape index (κ1) is 12.7. The number of allylic oxidation sites excluding steroid dienone is 6. The minimum absolute atomic E-state index is 0.895. The van der Waals surface area contributed by atoms with E-state index in [0.29, 0.717) is 0 Å². The molecule has 3 atom stereocenters. The van der Waals surface area contributed by atoms with Crippen LogP contribution in [0.4, 0.5) is 0 Å². The maximum absolute atomic E-state index is 2.47. The fourth-order valence-electron chi connectivity index (χ4n) is 3.23. The Labute approximate surface area is 106 Å². The van der Waals surface area contributed by atoms with Crippen molar-refractivity contribution in [3.63, 3.8) is 0 Å². The molecule has 0 aliphatic heterocycles. The van der Waals surface area contributed by atoms with Gasteiger partial charge in [0.15, 0.2) is 0 Å². The molecule has 0 spiro atoms. The van der Waals surface area contributed by atoms with Crippen LogP contribution in [0.25, 0.3) is 0 Å². The van der Waals surface area contributed by atoms with Gasteiger partial charge < -0.3 is 0 Å². The molecule has 2 bridgehead atoms. The van der Waals surface area contributed by atoms with E-state index in [1.165, 1.54) is 37.7 Å². The van der Waals surface area contributed by atoms with Crippen LogP contribution in [-0.4, -0.2) is 0 Å². The molecule has 0 nitrogen and oxygen atoms in total. The van der Waals surface area contributed by atoms with E-state index in [1.807, 2.05) is 0 Å². The molecule has 1 fully saturated rings. The normalized spacial score (nSPS) is 32.5. The van der Waals surface area contributed by atoms with E-state index >= 15 is 0 Å². The van der Waals surface area contributed by atoms with Crippen LogP contribution >= 0.6 is 0 Å². The van der Waals surface area contributed by atoms with Crippen LogP contribution < -0.4 is 0 Å². The van der Waals surface area contributed by atoms with Gasteiger partial charge in [0, 0.05) is 0 Å². The fourth-order valence-corrected chi connectivity index (χ4v) is 3.23.